The number of rotatable bonds is 5. The highest BCUT2D eigenvalue weighted by Gasteiger charge is 2.11. The van der Waals surface area contributed by atoms with Crippen molar-refractivity contribution in [2.24, 2.45) is 0 Å². The van der Waals surface area contributed by atoms with E-state index in [1.807, 2.05) is 19.1 Å². The van der Waals surface area contributed by atoms with Crippen molar-refractivity contribution in [2.75, 3.05) is 0 Å². The molecule has 0 aliphatic rings. The third-order valence-corrected chi connectivity index (χ3v) is 2.93. The molecule has 1 amide bonds. The zero-order valence-corrected chi connectivity index (χ0v) is 11.0. The van der Waals surface area contributed by atoms with Crippen LogP contribution in [0.15, 0.2) is 36.7 Å². The lowest BCUT2D eigenvalue weighted by Crippen LogP contribution is -2.28. The van der Waals surface area contributed by atoms with Crippen LogP contribution in [0.2, 0.25) is 0 Å². The van der Waals surface area contributed by atoms with Crippen molar-refractivity contribution in [3.8, 4) is 0 Å². The molecule has 6 heteroatoms. The van der Waals surface area contributed by atoms with Crippen molar-refractivity contribution in [3.05, 3.63) is 53.6 Å². The Labute approximate surface area is 116 Å². The van der Waals surface area contributed by atoms with Gasteiger partial charge in [0.05, 0.1) is 12.2 Å². The van der Waals surface area contributed by atoms with Gasteiger partial charge in [0.25, 0.3) is 0 Å². The van der Waals surface area contributed by atoms with E-state index >= 15 is 0 Å². The summed E-state index contributed by atoms with van der Waals surface area (Å²) in [5, 5.41) is 11.7. The van der Waals surface area contributed by atoms with Crippen molar-refractivity contribution in [3.63, 3.8) is 0 Å². The zero-order chi connectivity index (χ0) is 14.5. The Hall–Kier alpha value is -2.63. The summed E-state index contributed by atoms with van der Waals surface area (Å²) in [4.78, 5) is 26.9. The van der Waals surface area contributed by atoms with E-state index in [0.29, 0.717) is 6.54 Å². The third-order valence-electron chi connectivity index (χ3n) is 2.93. The van der Waals surface area contributed by atoms with Gasteiger partial charge in [-0.3, -0.25) is 9.78 Å². The van der Waals surface area contributed by atoms with E-state index in [1.165, 1.54) is 10.6 Å². The van der Waals surface area contributed by atoms with Crippen LogP contribution in [0, 0.1) is 6.92 Å². The van der Waals surface area contributed by atoms with Gasteiger partial charge in [0.1, 0.15) is 12.2 Å². The molecule has 0 atom stereocenters. The maximum absolute atomic E-state index is 11.8. The van der Waals surface area contributed by atoms with Crippen LogP contribution in [0.4, 0.5) is 0 Å². The molecular weight excluding hydrogens is 258 g/mol. The lowest BCUT2D eigenvalue weighted by Gasteiger charge is -2.08. The maximum Gasteiger partial charge on any atom is 0.352 e. The zero-order valence-electron chi connectivity index (χ0n) is 11.0. The molecule has 0 spiro atoms. The number of pyridine rings is 1. The topological polar surface area (TPSA) is 84.2 Å². The van der Waals surface area contributed by atoms with Crippen molar-refractivity contribution < 1.29 is 14.7 Å². The van der Waals surface area contributed by atoms with E-state index in [-0.39, 0.29) is 18.1 Å². The van der Waals surface area contributed by atoms with Crippen LogP contribution in [-0.4, -0.2) is 26.5 Å². The maximum atomic E-state index is 11.8. The summed E-state index contributed by atoms with van der Waals surface area (Å²) < 4.78 is 1.39. The number of aromatic carboxylic acids is 1. The molecule has 2 rings (SSSR count). The Morgan fingerprint density at radius 1 is 1.35 bits per heavy atom. The number of nitrogens with zero attached hydrogens (tertiary/aromatic N) is 2. The minimum Gasteiger partial charge on any atom is -0.477 e. The number of hydrogen-bond donors (Lipinski definition) is 2. The standard InChI is InChI=1S/C14H15N3O3/c1-10-4-2-6-15-11(10)8-16-13(18)9-17-7-3-5-12(17)14(19)20/h2-7H,8-9H2,1H3,(H,16,18)(H,19,20). The van der Waals surface area contributed by atoms with Gasteiger partial charge >= 0.3 is 5.97 Å². The Morgan fingerprint density at radius 3 is 2.85 bits per heavy atom. The number of aryl methyl sites for hydroxylation is 1. The molecule has 0 radical (unpaired) electrons. The first-order valence-electron chi connectivity index (χ1n) is 6.13. The Morgan fingerprint density at radius 2 is 2.15 bits per heavy atom. The molecule has 0 saturated heterocycles. The van der Waals surface area contributed by atoms with Crippen LogP contribution in [0.1, 0.15) is 21.7 Å². The molecule has 0 aliphatic heterocycles. The molecular formula is C14H15N3O3. The molecule has 0 unspecified atom stereocenters. The number of amides is 1. The minimum absolute atomic E-state index is 0.0273. The fourth-order valence-electron chi connectivity index (χ4n) is 1.84. The number of carboxylic acid groups (broad SMARTS) is 1. The molecule has 0 aromatic carbocycles. The van der Waals surface area contributed by atoms with Crippen LogP contribution in [0.5, 0.6) is 0 Å². The van der Waals surface area contributed by atoms with Gasteiger partial charge in [0, 0.05) is 12.4 Å². The molecule has 2 aromatic heterocycles. The van der Waals surface area contributed by atoms with Gasteiger partial charge in [0.2, 0.25) is 5.91 Å². The van der Waals surface area contributed by atoms with Crippen LogP contribution in [-0.2, 0) is 17.9 Å². The van der Waals surface area contributed by atoms with E-state index in [9.17, 15) is 9.59 Å². The number of aromatic nitrogens is 2. The van der Waals surface area contributed by atoms with E-state index in [2.05, 4.69) is 10.3 Å². The van der Waals surface area contributed by atoms with E-state index in [4.69, 9.17) is 5.11 Å². The molecule has 20 heavy (non-hydrogen) atoms. The molecule has 0 bridgehead atoms. The summed E-state index contributed by atoms with van der Waals surface area (Å²) in [6, 6.07) is 6.81. The second-order valence-electron chi connectivity index (χ2n) is 4.37. The predicted molar refractivity (Wildman–Crippen MR) is 72.2 cm³/mol. The molecule has 0 fully saturated rings. The average molecular weight is 273 g/mol. The molecule has 104 valence electrons. The lowest BCUT2D eigenvalue weighted by molar-refractivity contribution is -0.121. The number of carbonyl (C=O) groups is 2. The summed E-state index contributed by atoms with van der Waals surface area (Å²) in [7, 11) is 0. The van der Waals surface area contributed by atoms with Gasteiger partial charge in [-0.15, -0.1) is 0 Å². The van der Waals surface area contributed by atoms with Gasteiger partial charge in [-0.25, -0.2) is 4.79 Å². The summed E-state index contributed by atoms with van der Waals surface area (Å²) in [5.74, 6) is -1.31. The first-order chi connectivity index (χ1) is 9.58. The molecule has 6 nitrogen and oxygen atoms in total. The number of hydrogen-bond acceptors (Lipinski definition) is 3. The summed E-state index contributed by atoms with van der Waals surface area (Å²) in [6.07, 6.45) is 3.23. The third kappa shape index (κ3) is 3.23. The number of carboxylic acids is 1. The first-order valence-corrected chi connectivity index (χ1v) is 6.13. The molecule has 2 heterocycles. The smallest absolute Gasteiger partial charge is 0.352 e. The predicted octanol–water partition coefficient (Wildman–Crippen LogP) is 1.21. The van der Waals surface area contributed by atoms with Gasteiger partial charge in [0.15, 0.2) is 0 Å². The quantitative estimate of drug-likeness (QED) is 0.857. The largest absolute Gasteiger partial charge is 0.477 e. The van der Waals surface area contributed by atoms with Gasteiger partial charge in [-0.2, -0.15) is 0 Å². The summed E-state index contributed by atoms with van der Waals surface area (Å²) in [6.45, 7) is 2.22. The fraction of sp³-hybridized carbons (Fsp3) is 0.214. The van der Waals surface area contributed by atoms with Crippen molar-refractivity contribution in [1.82, 2.24) is 14.9 Å². The van der Waals surface area contributed by atoms with Crippen LogP contribution >= 0.6 is 0 Å². The fourth-order valence-corrected chi connectivity index (χ4v) is 1.84. The van der Waals surface area contributed by atoms with Crippen LogP contribution in [0.3, 0.4) is 0 Å². The Bertz CT molecular complexity index is 634. The molecule has 2 N–H and O–H groups in total. The summed E-state index contributed by atoms with van der Waals surface area (Å²) >= 11 is 0. The SMILES string of the molecule is Cc1cccnc1CNC(=O)Cn1cccc1C(=O)O. The van der Waals surface area contributed by atoms with E-state index in [0.717, 1.165) is 11.3 Å². The highest BCUT2D eigenvalue weighted by atomic mass is 16.4. The normalized spacial score (nSPS) is 10.2. The Balaban J connectivity index is 1.95. The molecule has 0 saturated carbocycles. The summed E-state index contributed by atoms with van der Waals surface area (Å²) in [5.41, 5.74) is 1.89. The highest BCUT2D eigenvalue weighted by Crippen LogP contribution is 2.04. The Kier molecular flexibility index (Phi) is 4.14. The molecule has 2 aromatic rings. The first kappa shape index (κ1) is 13.8. The number of nitrogens with one attached hydrogen (secondary N) is 1. The van der Waals surface area contributed by atoms with E-state index in [1.54, 1.807) is 18.5 Å². The van der Waals surface area contributed by atoms with Crippen molar-refractivity contribution in [2.45, 2.75) is 20.0 Å². The van der Waals surface area contributed by atoms with Gasteiger partial charge in [-0.1, -0.05) is 6.07 Å². The van der Waals surface area contributed by atoms with Gasteiger partial charge < -0.3 is 15.0 Å². The minimum atomic E-state index is -1.05. The highest BCUT2D eigenvalue weighted by molar-refractivity contribution is 5.86. The number of carbonyl (C=O) groups excluding carboxylic acids is 1. The van der Waals surface area contributed by atoms with Crippen molar-refractivity contribution >= 4 is 11.9 Å². The van der Waals surface area contributed by atoms with E-state index < -0.39 is 5.97 Å². The van der Waals surface area contributed by atoms with Crippen molar-refractivity contribution in [1.29, 1.82) is 0 Å². The monoisotopic (exact) mass is 273 g/mol. The van der Waals surface area contributed by atoms with Gasteiger partial charge in [-0.05, 0) is 30.7 Å². The second kappa shape index (κ2) is 6.01. The lowest BCUT2D eigenvalue weighted by atomic mass is 10.2. The van der Waals surface area contributed by atoms with Crippen LogP contribution in [0.25, 0.3) is 0 Å². The average Bonchev–Trinajstić information content (AvgIpc) is 2.86. The second-order valence-corrected chi connectivity index (χ2v) is 4.37. The molecule has 0 aliphatic carbocycles. The van der Waals surface area contributed by atoms with Crippen LogP contribution < -0.4 is 5.32 Å².